The van der Waals surface area contributed by atoms with Crippen LogP contribution in [-0.4, -0.2) is 87.9 Å². The van der Waals surface area contributed by atoms with Crippen molar-refractivity contribution in [2.75, 3.05) is 52.8 Å². The van der Waals surface area contributed by atoms with E-state index in [4.69, 9.17) is 23.5 Å². The van der Waals surface area contributed by atoms with Gasteiger partial charge in [0.15, 0.2) is 6.10 Å². The summed E-state index contributed by atoms with van der Waals surface area (Å²) in [6.45, 7) is 5.75. The normalized spacial score (nSPS) is 13.9. The zero-order chi connectivity index (χ0) is 23.7. The average molecular weight is 473 g/mol. The monoisotopic (exact) mass is 473 g/mol. The maximum absolute atomic E-state index is 11.8. The third kappa shape index (κ3) is 19.9. The number of ether oxygens (including phenoxy) is 5. The number of amides is 1. The smallest absolute Gasteiger partial charge is 0.462 e. The average Bonchev–Trinajstić information content (AvgIpc) is 2.66. The molecule has 0 fully saturated rings. The van der Waals surface area contributed by atoms with Crippen LogP contribution in [0.2, 0.25) is 0 Å². The van der Waals surface area contributed by atoms with Crippen LogP contribution in [0, 0.1) is 0 Å². The van der Waals surface area contributed by atoms with E-state index < -0.39 is 38.6 Å². The van der Waals surface area contributed by atoms with Crippen LogP contribution in [0.15, 0.2) is 0 Å². The number of hydrogen-bond acceptors (Lipinski definition) is 11. The topological polar surface area (TPSA) is 165 Å². The van der Waals surface area contributed by atoms with Gasteiger partial charge in [-0.3, -0.25) is 18.6 Å². The first-order chi connectivity index (χ1) is 14.5. The van der Waals surface area contributed by atoms with Gasteiger partial charge in [0.1, 0.15) is 13.2 Å². The molecule has 1 unspecified atom stereocenters. The molecular formula is C17H32NO12P. The van der Waals surface area contributed by atoms with Gasteiger partial charge in [-0.1, -0.05) is 0 Å². The van der Waals surface area contributed by atoms with Crippen LogP contribution in [0.5, 0.6) is 0 Å². The lowest BCUT2D eigenvalue weighted by Crippen LogP contribution is -2.29. The first-order valence-electron chi connectivity index (χ1n) is 9.54. The SMILES string of the molecule is CC(=O)OC[C@H](COP(=O)(O)OCCNC(=O)OCCOCCOC(C)C)OC(C)=O. The minimum absolute atomic E-state index is 0.0237. The summed E-state index contributed by atoms with van der Waals surface area (Å²) >= 11 is 0. The van der Waals surface area contributed by atoms with Crippen molar-refractivity contribution in [2.45, 2.75) is 39.9 Å². The van der Waals surface area contributed by atoms with Crippen LogP contribution < -0.4 is 5.32 Å². The van der Waals surface area contributed by atoms with Crippen LogP contribution in [0.3, 0.4) is 0 Å². The molecule has 14 heteroatoms. The van der Waals surface area contributed by atoms with Gasteiger partial charge < -0.3 is 33.9 Å². The molecule has 0 radical (unpaired) electrons. The number of alkyl carbamates (subject to hydrolysis) is 1. The quantitative estimate of drug-likeness (QED) is 0.132. The highest BCUT2D eigenvalue weighted by Gasteiger charge is 2.25. The highest BCUT2D eigenvalue weighted by molar-refractivity contribution is 7.47. The molecular weight excluding hydrogens is 441 g/mol. The Kier molecular flexibility index (Phi) is 15.9. The van der Waals surface area contributed by atoms with Crippen LogP contribution >= 0.6 is 7.82 Å². The summed E-state index contributed by atoms with van der Waals surface area (Å²) in [5.74, 6) is -1.31. The van der Waals surface area contributed by atoms with E-state index in [0.29, 0.717) is 13.2 Å². The predicted molar refractivity (Wildman–Crippen MR) is 105 cm³/mol. The summed E-state index contributed by atoms with van der Waals surface area (Å²) in [5.41, 5.74) is 0. The summed E-state index contributed by atoms with van der Waals surface area (Å²) in [6.07, 6.45) is -1.73. The largest absolute Gasteiger partial charge is 0.472 e. The maximum Gasteiger partial charge on any atom is 0.472 e. The van der Waals surface area contributed by atoms with Crippen molar-refractivity contribution >= 4 is 25.9 Å². The van der Waals surface area contributed by atoms with Crippen LogP contribution in [0.1, 0.15) is 27.7 Å². The zero-order valence-electron chi connectivity index (χ0n) is 18.2. The van der Waals surface area contributed by atoms with E-state index >= 15 is 0 Å². The summed E-state index contributed by atoms with van der Waals surface area (Å²) in [4.78, 5) is 42.9. The second-order valence-corrected chi connectivity index (χ2v) is 7.68. The number of carbonyl (C=O) groups excluding carboxylic acids is 3. The van der Waals surface area contributed by atoms with Gasteiger partial charge in [0.05, 0.1) is 39.1 Å². The summed E-state index contributed by atoms with van der Waals surface area (Å²) in [6, 6.07) is 0. The van der Waals surface area contributed by atoms with Crippen molar-refractivity contribution in [3.63, 3.8) is 0 Å². The first kappa shape index (κ1) is 29.2. The zero-order valence-corrected chi connectivity index (χ0v) is 19.1. The van der Waals surface area contributed by atoms with Crippen molar-refractivity contribution in [3.05, 3.63) is 0 Å². The molecule has 0 saturated heterocycles. The number of rotatable bonds is 17. The number of phosphoric acid groups is 1. The van der Waals surface area contributed by atoms with E-state index in [0.717, 1.165) is 13.8 Å². The van der Waals surface area contributed by atoms with Crippen molar-refractivity contribution < 1.29 is 56.6 Å². The summed E-state index contributed by atoms with van der Waals surface area (Å²) in [7, 11) is -4.50. The molecule has 0 aromatic rings. The lowest BCUT2D eigenvalue weighted by molar-refractivity contribution is -0.158. The lowest BCUT2D eigenvalue weighted by Gasteiger charge is -2.18. The fourth-order valence-electron chi connectivity index (χ4n) is 1.78. The number of esters is 2. The number of nitrogens with one attached hydrogen (secondary N) is 1. The molecule has 0 saturated carbocycles. The Bertz CT molecular complexity index is 585. The second-order valence-electron chi connectivity index (χ2n) is 6.23. The molecule has 0 bridgehead atoms. The van der Waals surface area contributed by atoms with Crippen LogP contribution in [0.4, 0.5) is 4.79 Å². The van der Waals surface area contributed by atoms with Gasteiger partial charge in [-0.15, -0.1) is 0 Å². The minimum Gasteiger partial charge on any atom is -0.462 e. The van der Waals surface area contributed by atoms with Gasteiger partial charge in [0.2, 0.25) is 0 Å². The van der Waals surface area contributed by atoms with E-state index in [1.165, 1.54) is 0 Å². The molecule has 182 valence electrons. The molecule has 2 N–H and O–H groups in total. The molecule has 2 atom stereocenters. The van der Waals surface area contributed by atoms with E-state index in [2.05, 4.69) is 14.6 Å². The number of phosphoric ester groups is 1. The van der Waals surface area contributed by atoms with E-state index in [9.17, 15) is 23.8 Å². The molecule has 31 heavy (non-hydrogen) atoms. The summed E-state index contributed by atoms with van der Waals surface area (Å²) < 4.78 is 46.0. The van der Waals surface area contributed by atoms with Crippen molar-refractivity contribution in [2.24, 2.45) is 0 Å². The third-order valence-corrected chi connectivity index (χ3v) is 3.98. The Balaban J connectivity index is 3.94. The Morgan fingerprint density at radius 1 is 0.903 bits per heavy atom. The Morgan fingerprint density at radius 2 is 1.58 bits per heavy atom. The molecule has 0 aliphatic heterocycles. The van der Waals surface area contributed by atoms with Crippen molar-refractivity contribution in [1.82, 2.24) is 5.32 Å². The number of hydrogen-bond donors (Lipinski definition) is 2. The Hall–Kier alpha value is -1.76. The first-order valence-corrected chi connectivity index (χ1v) is 11.0. The fraction of sp³-hybridized carbons (Fsp3) is 0.824. The van der Waals surface area contributed by atoms with E-state index in [1.54, 1.807) is 0 Å². The second kappa shape index (κ2) is 16.9. The van der Waals surface area contributed by atoms with Gasteiger partial charge in [-0.05, 0) is 13.8 Å². The molecule has 0 spiro atoms. The van der Waals surface area contributed by atoms with Gasteiger partial charge in [-0.2, -0.15) is 0 Å². The van der Waals surface area contributed by atoms with E-state index in [1.807, 2.05) is 13.8 Å². The lowest BCUT2D eigenvalue weighted by atomic mass is 10.4. The molecule has 0 aliphatic carbocycles. The Labute approximate surface area is 181 Å². The van der Waals surface area contributed by atoms with Crippen LogP contribution in [-0.2, 0) is 46.9 Å². The molecule has 0 rings (SSSR count). The standard InChI is InChI=1S/C17H32NO12P/c1-13(2)25-9-7-24-8-10-26-17(21)18-5-6-28-31(22,23)29-12-16(30-15(4)20)11-27-14(3)19/h13,16H,5-12H2,1-4H3,(H,18,21)(H,22,23)/t16-/m1/s1. The minimum atomic E-state index is -4.50. The highest BCUT2D eigenvalue weighted by atomic mass is 31.2. The molecule has 13 nitrogen and oxygen atoms in total. The van der Waals surface area contributed by atoms with Gasteiger partial charge in [-0.25, -0.2) is 9.36 Å². The van der Waals surface area contributed by atoms with Gasteiger partial charge >= 0.3 is 25.9 Å². The van der Waals surface area contributed by atoms with Gasteiger partial charge in [0, 0.05) is 20.4 Å². The maximum atomic E-state index is 11.8. The predicted octanol–water partition coefficient (Wildman–Crippen LogP) is 0.783. The molecule has 0 aliphatic rings. The molecule has 0 aromatic heterocycles. The Morgan fingerprint density at radius 3 is 2.19 bits per heavy atom. The highest BCUT2D eigenvalue weighted by Crippen LogP contribution is 2.43. The third-order valence-electron chi connectivity index (χ3n) is 2.99. The fourth-order valence-corrected chi connectivity index (χ4v) is 2.53. The molecule has 0 heterocycles. The molecule has 1 amide bonds. The number of carbonyl (C=O) groups is 3. The van der Waals surface area contributed by atoms with Gasteiger partial charge in [0.25, 0.3) is 0 Å². The van der Waals surface area contributed by atoms with Crippen molar-refractivity contribution in [1.29, 1.82) is 0 Å². The van der Waals surface area contributed by atoms with Crippen molar-refractivity contribution in [3.8, 4) is 0 Å². The summed E-state index contributed by atoms with van der Waals surface area (Å²) in [5, 5.41) is 2.31. The van der Waals surface area contributed by atoms with E-state index in [-0.39, 0.29) is 39.1 Å². The van der Waals surface area contributed by atoms with Crippen LogP contribution in [0.25, 0.3) is 0 Å². The molecule has 0 aromatic carbocycles.